The monoisotopic (exact) mass is 688 g/mol. The van der Waals surface area contributed by atoms with Crippen LogP contribution in [0.5, 0.6) is 5.75 Å². The van der Waals surface area contributed by atoms with Crippen molar-refractivity contribution in [1.82, 2.24) is 0 Å². The Labute approximate surface area is 291 Å². The Balaban J connectivity index is 1.17. The molecule has 2 heterocycles. The third kappa shape index (κ3) is 4.60. The first-order chi connectivity index (χ1) is 24.0. The van der Waals surface area contributed by atoms with Crippen molar-refractivity contribution in [3.8, 4) is 5.75 Å². The van der Waals surface area contributed by atoms with Crippen LogP contribution < -0.4 is 9.80 Å². The number of rotatable bonds is 5. The number of halogens is 2. The molecule has 1 saturated carbocycles. The Kier molecular flexibility index (Phi) is 7.38. The Bertz CT molecular complexity index is 2170. The maximum Gasteiger partial charge on any atom is 0.241 e. The maximum atomic E-state index is 14.5. The Morgan fingerprint density at radius 2 is 1.50 bits per heavy atom. The van der Waals surface area contributed by atoms with Gasteiger partial charge in [-0.1, -0.05) is 65.7 Å². The largest absolute Gasteiger partial charge is 0.508 e. The smallest absolute Gasteiger partial charge is 0.241 e. The number of hydrogen-bond acceptors (Lipinski definition) is 6. The molecule has 0 unspecified atom stereocenters. The molecule has 4 amide bonds. The summed E-state index contributed by atoms with van der Waals surface area (Å²) in [7, 11) is 0. The van der Waals surface area contributed by atoms with Crippen molar-refractivity contribution >= 4 is 52.4 Å². The van der Waals surface area contributed by atoms with E-state index in [9.17, 15) is 33.5 Å². The molecule has 2 aliphatic carbocycles. The first-order valence-electron chi connectivity index (χ1n) is 16.4. The highest BCUT2D eigenvalue weighted by molar-refractivity contribution is 6.32. The topological polar surface area (TPSA) is 112 Å². The Morgan fingerprint density at radius 3 is 2.20 bits per heavy atom. The maximum absolute atomic E-state index is 14.5. The summed E-state index contributed by atoms with van der Waals surface area (Å²) in [5, 5.41) is 10.3. The van der Waals surface area contributed by atoms with Gasteiger partial charge in [-0.05, 0) is 85.8 Å². The van der Waals surface area contributed by atoms with Gasteiger partial charge in [-0.2, -0.15) is 0 Å². The summed E-state index contributed by atoms with van der Waals surface area (Å²) >= 11 is 6.07. The van der Waals surface area contributed by atoms with E-state index < -0.39 is 58.5 Å². The van der Waals surface area contributed by atoms with Crippen LogP contribution in [-0.2, 0) is 19.2 Å². The van der Waals surface area contributed by atoms with Crippen molar-refractivity contribution in [2.45, 2.75) is 25.7 Å². The predicted octanol–water partition coefficient (Wildman–Crippen LogP) is 6.85. The standard InChI is InChI=1S/C40H30ClFN2O6/c1-40-30(37(48)44(39(40)50)25-14-17-32(42)31(41)19-25)20-29-27(34(40)23-8-5-9-26(45)18-23)15-16-28-33(29)38(49)43(36(28)47)24-12-10-22(11-13-24)35(46)21-6-3-2-4-7-21/h2-15,17-19,28-30,33-34,45H,16,20H2,1H3/t28-,29+,30-,33-,34-,40+/m0/s1. The molecule has 0 radical (unpaired) electrons. The molecule has 3 fully saturated rings. The molecule has 8 rings (SSSR count). The fourth-order valence-corrected chi connectivity index (χ4v) is 8.92. The van der Waals surface area contributed by atoms with E-state index in [1.54, 1.807) is 73.7 Å². The second-order valence-electron chi connectivity index (χ2n) is 13.6. The summed E-state index contributed by atoms with van der Waals surface area (Å²) in [6.45, 7) is 1.73. The molecule has 0 aromatic heterocycles. The highest BCUT2D eigenvalue weighted by Gasteiger charge is 2.67. The van der Waals surface area contributed by atoms with Gasteiger partial charge in [-0.25, -0.2) is 9.29 Å². The van der Waals surface area contributed by atoms with Crippen LogP contribution in [-0.4, -0.2) is 34.5 Å². The number of phenolic OH excluding ortho intramolecular Hbond substituents is 1. The second kappa shape index (κ2) is 11.6. The van der Waals surface area contributed by atoms with E-state index in [1.165, 1.54) is 23.1 Å². The summed E-state index contributed by atoms with van der Waals surface area (Å²) in [5.41, 5.74) is 1.45. The van der Waals surface area contributed by atoms with E-state index in [0.717, 1.165) is 16.5 Å². The molecule has 50 heavy (non-hydrogen) atoms. The summed E-state index contributed by atoms with van der Waals surface area (Å²) < 4.78 is 14.1. The van der Waals surface area contributed by atoms with E-state index in [4.69, 9.17) is 11.6 Å². The number of imide groups is 2. The molecule has 4 aliphatic rings. The van der Waals surface area contributed by atoms with Crippen LogP contribution in [0.2, 0.25) is 5.02 Å². The van der Waals surface area contributed by atoms with Crippen molar-refractivity contribution in [2.75, 3.05) is 9.80 Å². The van der Waals surface area contributed by atoms with E-state index >= 15 is 0 Å². The van der Waals surface area contributed by atoms with E-state index in [2.05, 4.69) is 0 Å². The van der Waals surface area contributed by atoms with Crippen LogP contribution in [0.4, 0.5) is 15.8 Å². The number of carbonyl (C=O) groups excluding carboxylic acids is 5. The number of fused-ring (bicyclic) bond motifs is 4. The number of allylic oxidation sites excluding steroid dienone is 2. The van der Waals surface area contributed by atoms with Gasteiger partial charge in [0.25, 0.3) is 0 Å². The second-order valence-corrected chi connectivity index (χ2v) is 14.0. The van der Waals surface area contributed by atoms with Gasteiger partial charge in [0, 0.05) is 17.0 Å². The molecular weight excluding hydrogens is 659 g/mol. The molecule has 6 atom stereocenters. The van der Waals surface area contributed by atoms with E-state index in [1.807, 2.05) is 12.1 Å². The first-order valence-corrected chi connectivity index (χ1v) is 16.8. The molecule has 250 valence electrons. The highest BCUT2D eigenvalue weighted by Crippen LogP contribution is 2.64. The van der Waals surface area contributed by atoms with Crippen LogP contribution in [0.25, 0.3) is 0 Å². The molecule has 1 N–H and O–H groups in total. The minimum atomic E-state index is -1.33. The van der Waals surface area contributed by atoms with Crippen LogP contribution in [0, 0.1) is 34.9 Å². The molecule has 8 nitrogen and oxygen atoms in total. The van der Waals surface area contributed by atoms with Gasteiger partial charge in [0.1, 0.15) is 11.6 Å². The third-order valence-electron chi connectivity index (χ3n) is 11.1. The molecule has 0 spiro atoms. The predicted molar refractivity (Wildman–Crippen MR) is 183 cm³/mol. The van der Waals surface area contributed by atoms with E-state index in [-0.39, 0.29) is 41.0 Å². The van der Waals surface area contributed by atoms with Crippen molar-refractivity contribution in [3.05, 3.63) is 136 Å². The molecule has 2 saturated heterocycles. The third-order valence-corrected chi connectivity index (χ3v) is 11.4. The lowest BCUT2D eigenvalue weighted by Gasteiger charge is -2.49. The normalized spacial score (nSPS) is 27.2. The Morgan fingerprint density at radius 1 is 0.800 bits per heavy atom. The lowest BCUT2D eigenvalue weighted by molar-refractivity contribution is -0.131. The number of aromatic hydroxyl groups is 1. The quantitative estimate of drug-likeness (QED) is 0.139. The van der Waals surface area contributed by atoms with E-state index in [0.29, 0.717) is 22.4 Å². The van der Waals surface area contributed by atoms with Crippen LogP contribution >= 0.6 is 11.6 Å². The number of hydrogen-bond donors (Lipinski definition) is 1. The van der Waals surface area contributed by atoms with Gasteiger partial charge >= 0.3 is 0 Å². The number of phenols is 1. The highest BCUT2D eigenvalue weighted by atomic mass is 35.5. The number of amides is 4. The fourth-order valence-electron chi connectivity index (χ4n) is 8.74. The summed E-state index contributed by atoms with van der Waals surface area (Å²) in [4.78, 5) is 72.3. The first kappa shape index (κ1) is 31.8. The average Bonchev–Trinajstić information content (AvgIpc) is 3.49. The van der Waals surface area contributed by atoms with Gasteiger partial charge in [-0.15, -0.1) is 0 Å². The zero-order chi connectivity index (χ0) is 35.1. The van der Waals surface area contributed by atoms with Gasteiger partial charge in [-0.3, -0.25) is 28.9 Å². The summed E-state index contributed by atoms with van der Waals surface area (Å²) in [5.74, 6) is -6.32. The van der Waals surface area contributed by atoms with Gasteiger partial charge in [0.2, 0.25) is 23.6 Å². The molecule has 4 aromatic rings. The van der Waals surface area contributed by atoms with Crippen LogP contribution in [0.1, 0.15) is 47.2 Å². The minimum absolute atomic E-state index is 0.0227. The number of anilines is 2. The van der Waals surface area contributed by atoms with Crippen molar-refractivity contribution in [3.63, 3.8) is 0 Å². The van der Waals surface area contributed by atoms with Crippen molar-refractivity contribution in [1.29, 1.82) is 0 Å². The van der Waals surface area contributed by atoms with Crippen LogP contribution in [0.15, 0.2) is 109 Å². The summed E-state index contributed by atoms with van der Waals surface area (Å²) in [6, 6.07) is 25.4. The number of carbonyl (C=O) groups is 5. The molecular formula is C40H30ClFN2O6. The Hall–Kier alpha value is -5.41. The van der Waals surface area contributed by atoms with Crippen molar-refractivity contribution in [2.24, 2.45) is 29.1 Å². The average molecular weight is 689 g/mol. The molecule has 2 aliphatic heterocycles. The lowest BCUT2D eigenvalue weighted by atomic mass is 9.51. The minimum Gasteiger partial charge on any atom is -0.508 e. The van der Waals surface area contributed by atoms with Gasteiger partial charge < -0.3 is 5.11 Å². The van der Waals surface area contributed by atoms with Gasteiger partial charge in [0.05, 0.1) is 39.6 Å². The SMILES string of the molecule is C[C@@]12C(=O)N(c3ccc(F)c(Cl)c3)C(=O)[C@@H]1C[C@@H]1C(=CC[C@@H]3C(=O)N(c4ccc(C(=O)c5ccccc5)cc4)C(=O)[C@@H]31)[C@@H]2c1cccc(O)c1. The van der Waals surface area contributed by atoms with Gasteiger partial charge in [0.15, 0.2) is 5.78 Å². The molecule has 4 aromatic carbocycles. The number of benzene rings is 4. The molecule has 10 heteroatoms. The zero-order valence-corrected chi connectivity index (χ0v) is 27.5. The lowest BCUT2D eigenvalue weighted by Crippen LogP contribution is -2.48. The van der Waals surface area contributed by atoms with Crippen LogP contribution in [0.3, 0.4) is 0 Å². The summed E-state index contributed by atoms with van der Waals surface area (Å²) in [6.07, 6.45) is 2.30. The zero-order valence-electron chi connectivity index (χ0n) is 26.8. The fraction of sp³-hybridized carbons (Fsp3) is 0.225. The number of ketones is 1. The molecule has 0 bridgehead atoms. The number of nitrogens with zero attached hydrogens (tertiary/aromatic N) is 2. The van der Waals surface area contributed by atoms with Crippen molar-refractivity contribution < 1.29 is 33.5 Å².